The second kappa shape index (κ2) is 13.8. The molecule has 1 aromatic carbocycles. The summed E-state index contributed by atoms with van der Waals surface area (Å²) < 4.78 is 33.0. The van der Waals surface area contributed by atoms with E-state index in [2.05, 4.69) is 4.18 Å². The molecule has 0 bridgehead atoms. The number of rotatable bonds is 5. The van der Waals surface area contributed by atoms with E-state index in [4.69, 9.17) is 14.8 Å². The summed E-state index contributed by atoms with van der Waals surface area (Å²) in [7, 11) is -4.70. The smallest absolute Gasteiger partial charge is 1.00 e. The minimum Gasteiger partial charge on any atom is -1.00 e. The molecule has 0 unspecified atom stereocenters. The van der Waals surface area contributed by atoms with Crippen LogP contribution in [0.2, 0.25) is 0 Å². The number of carbonyl (C=O) groups is 2. The minimum atomic E-state index is -4.70. The number of aromatic carboxylic acids is 1. The molecule has 11 heteroatoms. The predicted molar refractivity (Wildman–Crippen MR) is 84.1 cm³/mol. The average molecular weight is 390 g/mol. The summed E-state index contributed by atoms with van der Waals surface area (Å²) in [6, 6.07) is 5.06. The standard InChI is InChI=1S/C7H6O6S.C4H8O2.2Ca.4H/c8-7(9)5-3-1-2-4-6(5)13-14(10,11)12;1-2-3-4(5)6;;;;;;/h1-4H,(H,8,9)(H,10,11,12);2-3H2,1H3,(H,5,6);;;;;;/q;;2*+2;4*-1. The molecule has 0 fully saturated rings. The van der Waals surface area contributed by atoms with Crippen LogP contribution in [0, 0.1) is 0 Å². The van der Waals surface area contributed by atoms with E-state index in [0.717, 1.165) is 18.6 Å². The van der Waals surface area contributed by atoms with Crippen molar-refractivity contribution in [3.63, 3.8) is 0 Å². The number of hydrogen-bond acceptors (Lipinski definition) is 5. The van der Waals surface area contributed by atoms with Gasteiger partial charge in [0.15, 0.2) is 5.75 Å². The molecule has 0 saturated carbocycles. The predicted octanol–water partition coefficient (Wildman–Crippen LogP) is 1.13. The van der Waals surface area contributed by atoms with Gasteiger partial charge in [-0.05, 0) is 18.6 Å². The fourth-order valence-corrected chi connectivity index (χ4v) is 1.42. The number of para-hydroxylation sites is 1. The van der Waals surface area contributed by atoms with Gasteiger partial charge >= 0.3 is 97.8 Å². The van der Waals surface area contributed by atoms with Crippen LogP contribution in [0.15, 0.2) is 24.3 Å². The molecular formula is C11H18Ca2O8S. The zero-order valence-corrected chi connectivity index (χ0v) is 17.2. The molecule has 0 heterocycles. The second-order valence-corrected chi connectivity index (χ2v) is 4.48. The van der Waals surface area contributed by atoms with Gasteiger partial charge in [-0.25, -0.2) is 4.79 Å². The van der Waals surface area contributed by atoms with E-state index in [0.29, 0.717) is 6.42 Å². The van der Waals surface area contributed by atoms with Gasteiger partial charge in [0.1, 0.15) is 5.56 Å². The van der Waals surface area contributed by atoms with Crippen molar-refractivity contribution in [1.29, 1.82) is 0 Å². The third-order valence-corrected chi connectivity index (χ3v) is 2.17. The van der Waals surface area contributed by atoms with Crippen LogP contribution in [0.5, 0.6) is 5.75 Å². The van der Waals surface area contributed by atoms with Crippen LogP contribution in [0.4, 0.5) is 0 Å². The fourth-order valence-electron chi connectivity index (χ4n) is 1.04. The van der Waals surface area contributed by atoms with E-state index >= 15 is 0 Å². The van der Waals surface area contributed by atoms with Crippen LogP contribution in [0.3, 0.4) is 0 Å². The van der Waals surface area contributed by atoms with Gasteiger partial charge in [0.25, 0.3) is 0 Å². The van der Waals surface area contributed by atoms with E-state index < -0.39 is 28.1 Å². The number of benzene rings is 1. The van der Waals surface area contributed by atoms with Gasteiger partial charge in [0.2, 0.25) is 0 Å². The summed E-state index contributed by atoms with van der Waals surface area (Å²) in [5.74, 6) is -2.48. The monoisotopic (exact) mass is 390 g/mol. The molecule has 0 amide bonds. The molecule has 1 rings (SSSR count). The molecule has 0 atom stereocenters. The number of hydrogen-bond donors (Lipinski definition) is 3. The normalized spacial score (nSPS) is 9.18. The zero-order valence-electron chi connectivity index (χ0n) is 15.9. The summed E-state index contributed by atoms with van der Waals surface area (Å²) in [6.45, 7) is 1.84. The summed E-state index contributed by atoms with van der Waals surface area (Å²) in [6.07, 6.45) is 1.02. The van der Waals surface area contributed by atoms with Crippen molar-refractivity contribution in [3.05, 3.63) is 29.8 Å². The molecule has 0 spiro atoms. The van der Waals surface area contributed by atoms with Crippen molar-refractivity contribution in [2.24, 2.45) is 0 Å². The van der Waals surface area contributed by atoms with Crippen molar-refractivity contribution in [3.8, 4) is 5.75 Å². The third-order valence-electron chi connectivity index (χ3n) is 1.78. The van der Waals surface area contributed by atoms with Crippen molar-refractivity contribution >= 4 is 97.8 Å². The zero-order chi connectivity index (χ0) is 15.8. The molecule has 0 aliphatic carbocycles. The molecule has 0 aliphatic rings. The second-order valence-electron chi connectivity index (χ2n) is 3.46. The minimum absolute atomic E-state index is 0. The van der Waals surface area contributed by atoms with E-state index in [1.165, 1.54) is 12.1 Å². The van der Waals surface area contributed by atoms with Crippen molar-refractivity contribution in [1.82, 2.24) is 0 Å². The quantitative estimate of drug-likeness (QED) is 0.502. The Labute approximate surface area is 193 Å². The van der Waals surface area contributed by atoms with Crippen molar-refractivity contribution in [2.45, 2.75) is 19.8 Å². The van der Waals surface area contributed by atoms with E-state index in [9.17, 15) is 18.0 Å². The van der Waals surface area contributed by atoms with E-state index in [-0.39, 0.29) is 86.7 Å². The molecule has 1 aromatic rings. The first-order valence-electron chi connectivity index (χ1n) is 5.38. The molecular weight excluding hydrogens is 372 g/mol. The Balaban J connectivity index is -0.0000000538. The summed E-state index contributed by atoms with van der Waals surface area (Å²) in [5, 5.41) is 16.5. The molecule has 0 saturated heterocycles. The summed E-state index contributed by atoms with van der Waals surface area (Å²) in [4.78, 5) is 20.2. The van der Waals surface area contributed by atoms with Gasteiger partial charge in [-0.15, -0.1) is 0 Å². The Morgan fingerprint density at radius 3 is 2.00 bits per heavy atom. The van der Waals surface area contributed by atoms with Crippen molar-refractivity contribution < 1.29 is 42.7 Å². The van der Waals surface area contributed by atoms with Gasteiger partial charge < -0.3 is 20.1 Å². The molecule has 8 nitrogen and oxygen atoms in total. The maximum absolute atomic E-state index is 10.6. The molecule has 22 heavy (non-hydrogen) atoms. The summed E-state index contributed by atoms with van der Waals surface area (Å²) in [5.41, 5.74) is -0.342. The van der Waals surface area contributed by atoms with Crippen LogP contribution in [-0.4, -0.2) is 111 Å². The molecule has 0 radical (unpaired) electrons. The Morgan fingerprint density at radius 1 is 1.18 bits per heavy atom. The first kappa shape index (κ1) is 27.2. The third kappa shape index (κ3) is 14.0. The van der Waals surface area contributed by atoms with Crippen LogP contribution in [0.1, 0.15) is 35.8 Å². The van der Waals surface area contributed by atoms with Crippen molar-refractivity contribution in [2.75, 3.05) is 0 Å². The Kier molecular flexibility index (Phi) is 17.1. The average Bonchev–Trinajstić information content (AvgIpc) is 2.27. The Hall–Kier alpha value is 0.389. The molecule has 0 aromatic heterocycles. The first-order valence-corrected chi connectivity index (χ1v) is 6.75. The maximum Gasteiger partial charge on any atom is 2.00 e. The van der Waals surface area contributed by atoms with Gasteiger partial charge in [0.05, 0.1) is 0 Å². The number of carboxylic acids is 2. The molecule has 3 N–H and O–H groups in total. The first-order chi connectivity index (χ1) is 9.17. The summed E-state index contributed by atoms with van der Waals surface area (Å²) >= 11 is 0. The Bertz CT molecular complexity index is 589. The fraction of sp³-hybridized carbons (Fsp3) is 0.273. The van der Waals surface area contributed by atoms with Crippen LogP contribution < -0.4 is 4.18 Å². The largest absolute Gasteiger partial charge is 2.00 e. The molecule has 0 aliphatic heterocycles. The van der Waals surface area contributed by atoms with E-state index in [1.54, 1.807) is 0 Å². The van der Waals surface area contributed by atoms with E-state index in [1.807, 2.05) is 6.92 Å². The number of aliphatic carboxylic acids is 1. The van der Waals surface area contributed by atoms with Gasteiger partial charge in [-0.3, -0.25) is 9.35 Å². The molecule has 120 valence electrons. The number of carboxylic acid groups (broad SMARTS) is 2. The maximum atomic E-state index is 10.6. The van der Waals surface area contributed by atoms with Gasteiger partial charge in [-0.1, -0.05) is 19.1 Å². The Morgan fingerprint density at radius 2 is 1.68 bits per heavy atom. The van der Waals surface area contributed by atoms with Crippen LogP contribution >= 0.6 is 0 Å². The van der Waals surface area contributed by atoms with Crippen LogP contribution in [-0.2, 0) is 15.2 Å². The van der Waals surface area contributed by atoms with Crippen LogP contribution in [0.25, 0.3) is 0 Å². The SMILES string of the molecule is CCCC(=O)O.O=C(O)c1ccccc1OS(=O)(=O)O.[Ca+2].[Ca+2].[H-].[H-].[H-].[H-]. The van der Waals surface area contributed by atoms with Gasteiger partial charge in [0, 0.05) is 6.42 Å². The topological polar surface area (TPSA) is 138 Å². The van der Waals surface area contributed by atoms with Gasteiger partial charge in [-0.2, -0.15) is 8.42 Å².